The fraction of sp³-hybridized carbons (Fsp3) is 0.412. The smallest absolute Gasteiger partial charge is 0.306 e. The maximum absolute atomic E-state index is 12.5. The molecule has 8 nitrogen and oxygen atoms in total. The first-order valence-electron chi connectivity index (χ1n) is 21.3. The first-order chi connectivity index (χ1) is 28.1. The van der Waals surface area contributed by atoms with Gasteiger partial charge in [-0.1, -0.05) is 95.2 Å². The Kier molecular flexibility index (Phi) is 15.0. The molecule has 4 aromatic rings. The molecule has 59 heavy (non-hydrogen) atoms. The molecule has 5 rings (SSSR count). The summed E-state index contributed by atoms with van der Waals surface area (Å²) in [4.78, 5) is 32.1. The first kappa shape index (κ1) is 44.9. The largest absolute Gasteiger partial charge is 0.454 e. The molecule has 0 fully saturated rings. The number of aromatic nitrogens is 2. The minimum atomic E-state index is -0.506. The molecule has 2 aromatic heterocycles. The molecule has 0 spiro atoms. The molecular weight excluding hydrogens is 733 g/mol. The number of hydrogen-bond donors (Lipinski definition) is 4. The van der Waals surface area contributed by atoms with Crippen LogP contribution in [0.5, 0.6) is 0 Å². The van der Waals surface area contributed by atoms with Gasteiger partial charge < -0.3 is 30.9 Å². The van der Waals surface area contributed by atoms with Crippen molar-refractivity contribution in [2.24, 2.45) is 11.5 Å². The number of rotatable bonds is 24. The third-order valence-corrected chi connectivity index (χ3v) is 11.7. The second-order valence-corrected chi connectivity index (χ2v) is 17.3. The molecule has 0 atom stereocenters. The van der Waals surface area contributed by atoms with E-state index in [2.05, 4.69) is 105 Å². The number of unbranched alkanes of at least 4 members (excludes halogenated alkanes) is 6. The molecule has 1 aliphatic carbocycles. The molecule has 6 N–H and O–H groups in total. The summed E-state index contributed by atoms with van der Waals surface area (Å²) in [5, 5.41) is 0. The number of aromatic amines is 2. The highest BCUT2D eigenvalue weighted by molar-refractivity contribution is 5.84. The minimum absolute atomic E-state index is 0.226. The molecule has 0 amide bonds. The number of esters is 2. The van der Waals surface area contributed by atoms with E-state index in [0.717, 1.165) is 98.1 Å². The van der Waals surface area contributed by atoms with E-state index in [0.29, 0.717) is 12.8 Å². The molecule has 314 valence electrons. The van der Waals surface area contributed by atoms with Gasteiger partial charge in [0.05, 0.1) is 16.9 Å². The lowest BCUT2D eigenvalue weighted by atomic mass is 9.69. The van der Waals surface area contributed by atoms with Gasteiger partial charge in [0.2, 0.25) is 0 Å². The highest BCUT2D eigenvalue weighted by Gasteiger charge is 2.43. The summed E-state index contributed by atoms with van der Waals surface area (Å²) in [6, 6.07) is 22.1. The summed E-state index contributed by atoms with van der Waals surface area (Å²) in [5.41, 5.74) is 23.4. The van der Waals surface area contributed by atoms with E-state index in [1.807, 2.05) is 19.9 Å². The third kappa shape index (κ3) is 11.1. The van der Waals surface area contributed by atoms with Gasteiger partial charge in [-0.05, 0) is 141 Å². The monoisotopic (exact) mass is 799 g/mol. The summed E-state index contributed by atoms with van der Waals surface area (Å²) in [6.07, 6.45) is 15.4. The summed E-state index contributed by atoms with van der Waals surface area (Å²) >= 11 is 0. The Morgan fingerprint density at radius 2 is 1.08 bits per heavy atom. The lowest BCUT2D eigenvalue weighted by Crippen LogP contribution is -2.30. The predicted molar refractivity (Wildman–Crippen MR) is 243 cm³/mol. The summed E-state index contributed by atoms with van der Waals surface area (Å²) < 4.78 is 10.9. The van der Waals surface area contributed by atoms with Crippen molar-refractivity contribution in [1.82, 2.24) is 9.97 Å². The molecule has 0 unspecified atom stereocenters. The van der Waals surface area contributed by atoms with E-state index in [-0.39, 0.29) is 17.4 Å². The van der Waals surface area contributed by atoms with Gasteiger partial charge in [-0.2, -0.15) is 0 Å². The first-order valence-corrected chi connectivity index (χ1v) is 21.3. The molecular formula is C51H66N4O4. The number of fused-ring (bicyclic) bond motifs is 3. The van der Waals surface area contributed by atoms with Gasteiger partial charge in [0.15, 0.2) is 0 Å². The van der Waals surface area contributed by atoms with Crippen molar-refractivity contribution >= 4 is 11.9 Å². The highest BCUT2D eigenvalue weighted by atomic mass is 16.5. The Hall–Kier alpha value is -5.18. The van der Waals surface area contributed by atoms with Crippen molar-refractivity contribution in [3.63, 3.8) is 0 Å². The number of ether oxygens (including phenoxy) is 2. The molecule has 0 bridgehead atoms. The lowest BCUT2D eigenvalue weighted by molar-refractivity contribution is -0.146. The normalized spacial score (nSPS) is 13.2. The Labute approximate surface area is 352 Å². The van der Waals surface area contributed by atoms with Crippen LogP contribution in [-0.2, 0) is 35.6 Å². The number of nitrogens with two attached hydrogens (primary N) is 2. The standard InChI is InChI=1S/C51H66N4O4/c1-9-37(10-2)58-47(56)21-17-13-15-19-31-51(32-20-16-14-18-22-48(57)59-38(11-3)12-4)41-33-35(23-25-39(41)40-26-24-36(34-42(40)51)49(5,6)52)43-27-28-44(54-43)45-29-30-46(55-45)50(7,8)53/h9-12,23-30,33-34,37-38,54-55H,1-4,13-22,31-32,52-53H2,5-8H3. The number of nitrogens with one attached hydrogen (secondary N) is 2. The molecule has 0 saturated heterocycles. The van der Waals surface area contributed by atoms with Crippen LogP contribution in [0.1, 0.15) is 127 Å². The van der Waals surface area contributed by atoms with Crippen LogP contribution in [0.15, 0.2) is 111 Å². The Bertz CT molecular complexity index is 2040. The van der Waals surface area contributed by atoms with Crippen LogP contribution >= 0.6 is 0 Å². The summed E-state index contributed by atoms with van der Waals surface area (Å²) in [6.45, 7) is 23.0. The van der Waals surface area contributed by atoms with Crippen LogP contribution in [0.2, 0.25) is 0 Å². The van der Waals surface area contributed by atoms with E-state index in [1.165, 1.54) is 22.3 Å². The number of carbonyl (C=O) groups excluding carboxylic acids is 2. The zero-order chi connectivity index (χ0) is 42.8. The molecule has 2 aromatic carbocycles. The van der Waals surface area contributed by atoms with Gasteiger partial charge in [-0.25, -0.2) is 0 Å². The maximum Gasteiger partial charge on any atom is 0.306 e. The molecule has 1 aliphatic rings. The Morgan fingerprint density at radius 1 is 0.610 bits per heavy atom. The topological polar surface area (TPSA) is 136 Å². The highest BCUT2D eigenvalue weighted by Crippen LogP contribution is 2.55. The zero-order valence-corrected chi connectivity index (χ0v) is 35.8. The van der Waals surface area contributed by atoms with Crippen molar-refractivity contribution in [2.45, 2.75) is 133 Å². The van der Waals surface area contributed by atoms with Crippen molar-refractivity contribution in [3.05, 3.63) is 134 Å². The van der Waals surface area contributed by atoms with Crippen LogP contribution in [0, 0.1) is 0 Å². The second kappa shape index (κ2) is 19.7. The van der Waals surface area contributed by atoms with Crippen LogP contribution in [0.3, 0.4) is 0 Å². The second-order valence-electron chi connectivity index (χ2n) is 17.3. The van der Waals surface area contributed by atoms with E-state index in [1.54, 1.807) is 24.3 Å². The average Bonchev–Trinajstić information content (AvgIpc) is 3.96. The predicted octanol–water partition coefficient (Wildman–Crippen LogP) is 11.6. The van der Waals surface area contributed by atoms with Crippen molar-refractivity contribution in [3.8, 4) is 33.8 Å². The van der Waals surface area contributed by atoms with E-state index in [9.17, 15) is 9.59 Å². The molecule has 8 heteroatoms. The van der Waals surface area contributed by atoms with Crippen LogP contribution in [-0.4, -0.2) is 34.1 Å². The van der Waals surface area contributed by atoms with Crippen LogP contribution in [0.25, 0.3) is 33.8 Å². The number of H-pyrrole nitrogens is 2. The SMILES string of the molecule is C=CC(C=C)OC(=O)CCCCCCC1(CCCCCCC(=O)OC(C=C)C=C)c2cc(-c3ccc(-c4ccc(C(C)(C)N)[nH]4)[nH]3)ccc2-c2ccc(C(C)(C)N)cc21. The van der Waals surface area contributed by atoms with E-state index < -0.39 is 23.3 Å². The fourth-order valence-electron chi connectivity index (χ4n) is 8.28. The minimum Gasteiger partial charge on any atom is -0.454 e. The fourth-order valence-corrected chi connectivity index (χ4v) is 8.28. The zero-order valence-electron chi connectivity index (χ0n) is 35.8. The summed E-state index contributed by atoms with van der Waals surface area (Å²) in [7, 11) is 0. The number of hydrogen-bond acceptors (Lipinski definition) is 6. The van der Waals surface area contributed by atoms with Crippen molar-refractivity contribution in [2.75, 3.05) is 0 Å². The van der Waals surface area contributed by atoms with Gasteiger partial charge in [-0.15, -0.1) is 0 Å². The molecule has 0 saturated carbocycles. The van der Waals surface area contributed by atoms with Gasteiger partial charge >= 0.3 is 11.9 Å². The van der Waals surface area contributed by atoms with Crippen molar-refractivity contribution in [1.29, 1.82) is 0 Å². The molecule has 0 radical (unpaired) electrons. The maximum atomic E-state index is 12.5. The van der Waals surface area contributed by atoms with Gasteiger partial charge in [0, 0.05) is 35.2 Å². The molecule has 2 heterocycles. The molecule has 0 aliphatic heterocycles. The van der Waals surface area contributed by atoms with Crippen molar-refractivity contribution < 1.29 is 19.1 Å². The van der Waals surface area contributed by atoms with E-state index in [4.69, 9.17) is 20.9 Å². The number of carbonyl (C=O) groups is 2. The van der Waals surface area contributed by atoms with Crippen LogP contribution < -0.4 is 11.5 Å². The van der Waals surface area contributed by atoms with Crippen LogP contribution in [0.4, 0.5) is 0 Å². The lowest BCUT2D eigenvalue weighted by Gasteiger charge is -2.34. The average molecular weight is 799 g/mol. The van der Waals surface area contributed by atoms with Gasteiger partial charge in [0.1, 0.15) is 12.2 Å². The summed E-state index contributed by atoms with van der Waals surface area (Å²) in [5.74, 6) is -0.451. The van der Waals surface area contributed by atoms with E-state index >= 15 is 0 Å². The van der Waals surface area contributed by atoms with Gasteiger partial charge in [-0.3, -0.25) is 9.59 Å². The number of benzene rings is 2. The quantitative estimate of drug-likeness (QED) is 0.0316. The van der Waals surface area contributed by atoms with Gasteiger partial charge in [0.25, 0.3) is 0 Å². The Balaban J connectivity index is 1.43. The third-order valence-electron chi connectivity index (χ3n) is 11.7. The Morgan fingerprint density at radius 3 is 1.59 bits per heavy atom.